The normalized spacial score (nSPS) is 17.0. The molecule has 40 heavy (non-hydrogen) atoms. The molecule has 3 aromatic rings. The van der Waals surface area contributed by atoms with Crippen molar-refractivity contribution in [1.29, 1.82) is 0 Å². The van der Waals surface area contributed by atoms with Crippen molar-refractivity contribution < 1.29 is 18.8 Å². The molecule has 1 fully saturated rings. The topological polar surface area (TPSA) is 87.3 Å². The minimum Gasteiger partial charge on any atom is -0.326 e. The summed E-state index contributed by atoms with van der Waals surface area (Å²) in [6.45, 7) is 3.51. The fourth-order valence-corrected chi connectivity index (χ4v) is 5.72. The number of allylic oxidation sites excluding steroid dienone is 1. The van der Waals surface area contributed by atoms with Gasteiger partial charge in [-0.15, -0.1) is 23.2 Å². The molecule has 0 radical (unpaired) electrons. The van der Waals surface area contributed by atoms with Crippen LogP contribution < -0.4 is 16.0 Å². The molecule has 3 aromatic carbocycles. The Labute approximate surface area is 254 Å². The molecule has 0 bridgehead atoms. The van der Waals surface area contributed by atoms with E-state index in [9.17, 15) is 18.8 Å². The standard InChI is InChI=1S/C28H21Cl5FN3O3/c1-13(2)7-23(38)35-18-4-6-22(21(34)12-18)37-26(39)19-11-17(3-5-20(19)31)36-27(40)25-24(28(25,32)33)14-8-15(29)10-16(30)9-14/h3-12,24-25H,1-2H3,(H,35,38)(H,36,40)(H,37,39). The maximum absolute atomic E-state index is 14.7. The monoisotopic (exact) mass is 641 g/mol. The second-order valence-corrected chi connectivity index (χ2v) is 12.1. The number of benzene rings is 3. The van der Waals surface area contributed by atoms with E-state index >= 15 is 0 Å². The Hall–Kier alpha value is -2.81. The quantitative estimate of drug-likeness (QED) is 0.178. The Bertz CT molecular complexity index is 1540. The van der Waals surface area contributed by atoms with Gasteiger partial charge in [0.05, 0.1) is 22.2 Å². The largest absolute Gasteiger partial charge is 0.326 e. The predicted molar refractivity (Wildman–Crippen MR) is 160 cm³/mol. The van der Waals surface area contributed by atoms with E-state index in [0.717, 1.165) is 11.6 Å². The Morgan fingerprint density at radius 2 is 1.48 bits per heavy atom. The van der Waals surface area contributed by atoms with Gasteiger partial charge >= 0.3 is 0 Å². The smallest absolute Gasteiger partial charge is 0.257 e. The van der Waals surface area contributed by atoms with Crippen LogP contribution in [0, 0.1) is 11.7 Å². The maximum Gasteiger partial charge on any atom is 0.257 e. The summed E-state index contributed by atoms with van der Waals surface area (Å²) in [5.41, 5.74) is 1.71. The lowest BCUT2D eigenvalue weighted by Gasteiger charge is -2.12. The Balaban J connectivity index is 1.46. The first kappa shape index (κ1) is 30.2. The van der Waals surface area contributed by atoms with Crippen molar-refractivity contribution in [2.45, 2.75) is 24.1 Å². The molecule has 2 unspecified atom stereocenters. The zero-order valence-electron chi connectivity index (χ0n) is 20.9. The third kappa shape index (κ3) is 6.90. The molecule has 208 valence electrons. The Morgan fingerprint density at radius 3 is 2.10 bits per heavy atom. The molecule has 1 aliphatic rings. The summed E-state index contributed by atoms with van der Waals surface area (Å²) in [5.74, 6) is -3.76. The summed E-state index contributed by atoms with van der Waals surface area (Å²) in [7, 11) is 0. The van der Waals surface area contributed by atoms with Gasteiger partial charge in [-0.2, -0.15) is 0 Å². The van der Waals surface area contributed by atoms with Crippen molar-refractivity contribution >= 4 is 92.8 Å². The average Bonchev–Trinajstić information content (AvgIpc) is 3.42. The summed E-state index contributed by atoms with van der Waals surface area (Å²) >= 11 is 31.2. The van der Waals surface area contributed by atoms with Gasteiger partial charge in [0, 0.05) is 33.4 Å². The van der Waals surface area contributed by atoms with Crippen LogP contribution in [0.25, 0.3) is 0 Å². The van der Waals surface area contributed by atoms with Crippen LogP contribution in [0.15, 0.2) is 66.2 Å². The van der Waals surface area contributed by atoms with Gasteiger partial charge in [-0.25, -0.2) is 4.39 Å². The fraction of sp³-hybridized carbons (Fsp3) is 0.179. The molecule has 3 amide bonds. The molecule has 1 aliphatic carbocycles. The summed E-state index contributed by atoms with van der Waals surface area (Å²) in [6, 6.07) is 12.9. The van der Waals surface area contributed by atoms with E-state index < -0.39 is 39.7 Å². The van der Waals surface area contributed by atoms with E-state index in [1.54, 1.807) is 32.0 Å². The highest BCUT2D eigenvalue weighted by atomic mass is 35.5. The van der Waals surface area contributed by atoms with E-state index in [4.69, 9.17) is 58.0 Å². The van der Waals surface area contributed by atoms with Crippen LogP contribution in [0.5, 0.6) is 0 Å². The highest BCUT2D eigenvalue weighted by molar-refractivity contribution is 6.53. The molecule has 6 nitrogen and oxygen atoms in total. The van der Waals surface area contributed by atoms with Gasteiger partial charge in [-0.1, -0.05) is 40.4 Å². The van der Waals surface area contributed by atoms with Crippen LogP contribution in [0.2, 0.25) is 15.1 Å². The first-order valence-electron chi connectivity index (χ1n) is 11.8. The molecule has 0 saturated heterocycles. The van der Waals surface area contributed by atoms with Gasteiger partial charge in [0.25, 0.3) is 5.91 Å². The molecule has 12 heteroatoms. The van der Waals surface area contributed by atoms with Crippen LogP contribution >= 0.6 is 58.0 Å². The zero-order chi connectivity index (χ0) is 29.4. The minimum atomic E-state index is -1.39. The molecule has 0 heterocycles. The number of carbonyl (C=O) groups excluding carboxylic acids is 3. The van der Waals surface area contributed by atoms with E-state index in [2.05, 4.69) is 16.0 Å². The van der Waals surface area contributed by atoms with Crippen molar-refractivity contribution in [3.8, 4) is 0 Å². The first-order valence-corrected chi connectivity index (χ1v) is 13.7. The summed E-state index contributed by atoms with van der Waals surface area (Å²) < 4.78 is 13.3. The second-order valence-electron chi connectivity index (χ2n) is 9.38. The highest BCUT2D eigenvalue weighted by Gasteiger charge is 2.67. The molecule has 0 aliphatic heterocycles. The molecule has 2 atom stereocenters. The second kappa shape index (κ2) is 12.0. The number of carbonyl (C=O) groups is 3. The van der Waals surface area contributed by atoms with E-state index in [0.29, 0.717) is 15.6 Å². The molecular weight excluding hydrogens is 623 g/mol. The maximum atomic E-state index is 14.7. The SMILES string of the molecule is CC(C)=CC(=O)Nc1ccc(NC(=O)c2cc(NC(=O)C3C(c4cc(Cl)cc(Cl)c4)C3(Cl)Cl)ccc2Cl)c(F)c1. The lowest BCUT2D eigenvalue weighted by molar-refractivity contribution is -0.117. The lowest BCUT2D eigenvalue weighted by atomic mass is 10.1. The van der Waals surface area contributed by atoms with E-state index in [-0.39, 0.29) is 27.6 Å². The van der Waals surface area contributed by atoms with Crippen molar-refractivity contribution in [3.05, 3.63) is 98.3 Å². The number of halogens is 6. The summed E-state index contributed by atoms with van der Waals surface area (Å²) in [5, 5.41) is 8.51. The Kier molecular flexibility index (Phi) is 9.02. The average molecular weight is 644 g/mol. The van der Waals surface area contributed by atoms with E-state index in [1.165, 1.54) is 36.4 Å². The van der Waals surface area contributed by atoms with Crippen molar-refractivity contribution in [2.24, 2.45) is 5.92 Å². The third-order valence-electron chi connectivity index (χ3n) is 5.96. The van der Waals surface area contributed by atoms with Gasteiger partial charge < -0.3 is 16.0 Å². The fourth-order valence-electron chi connectivity index (χ4n) is 4.14. The lowest BCUT2D eigenvalue weighted by Crippen LogP contribution is -2.18. The third-order valence-corrected chi connectivity index (χ3v) is 7.67. The number of amides is 3. The molecule has 0 aromatic heterocycles. The van der Waals surface area contributed by atoms with Crippen LogP contribution in [-0.4, -0.2) is 22.1 Å². The molecular formula is C28H21Cl5FN3O3. The van der Waals surface area contributed by atoms with Gasteiger partial charge in [-0.3, -0.25) is 14.4 Å². The van der Waals surface area contributed by atoms with Gasteiger partial charge in [-0.05, 0) is 74.0 Å². The number of nitrogens with one attached hydrogen (secondary N) is 3. The first-order chi connectivity index (χ1) is 18.8. The zero-order valence-corrected chi connectivity index (χ0v) is 24.7. The van der Waals surface area contributed by atoms with Gasteiger partial charge in [0.1, 0.15) is 10.2 Å². The number of alkyl halides is 2. The van der Waals surface area contributed by atoms with Gasteiger partial charge in [0.2, 0.25) is 11.8 Å². The molecule has 1 saturated carbocycles. The van der Waals surface area contributed by atoms with Crippen LogP contribution in [-0.2, 0) is 9.59 Å². The van der Waals surface area contributed by atoms with Crippen molar-refractivity contribution in [1.82, 2.24) is 0 Å². The number of hydrogen-bond acceptors (Lipinski definition) is 3. The number of anilines is 3. The van der Waals surface area contributed by atoms with Crippen LogP contribution in [0.4, 0.5) is 21.5 Å². The highest BCUT2D eigenvalue weighted by Crippen LogP contribution is 2.65. The van der Waals surface area contributed by atoms with Gasteiger partial charge in [0.15, 0.2) is 0 Å². The van der Waals surface area contributed by atoms with Crippen molar-refractivity contribution in [3.63, 3.8) is 0 Å². The van der Waals surface area contributed by atoms with Crippen LogP contribution in [0.1, 0.15) is 35.7 Å². The number of rotatable bonds is 7. The molecule has 0 spiro atoms. The molecule has 3 N–H and O–H groups in total. The van der Waals surface area contributed by atoms with Crippen LogP contribution in [0.3, 0.4) is 0 Å². The summed E-state index contributed by atoms with van der Waals surface area (Å²) in [4.78, 5) is 37.9. The Morgan fingerprint density at radius 1 is 0.850 bits per heavy atom. The van der Waals surface area contributed by atoms with E-state index in [1.807, 2.05) is 0 Å². The number of hydrogen-bond donors (Lipinski definition) is 3. The predicted octanol–water partition coefficient (Wildman–Crippen LogP) is 8.47. The van der Waals surface area contributed by atoms with Crippen molar-refractivity contribution in [2.75, 3.05) is 16.0 Å². The summed E-state index contributed by atoms with van der Waals surface area (Å²) in [6.07, 6.45) is 1.37. The minimum absolute atomic E-state index is 0.0169. The molecule has 4 rings (SSSR count).